The average Bonchev–Trinajstić information content (AvgIpc) is 1.67. The molecule has 8 heavy (non-hydrogen) atoms. The summed E-state index contributed by atoms with van der Waals surface area (Å²) in [4.78, 5) is 9.93. The Kier molecular flexibility index (Phi) is 3.64. The zero-order valence-electron chi connectivity index (χ0n) is 4.37. The summed E-state index contributed by atoms with van der Waals surface area (Å²) in [6.45, 7) is 0. The van der Waals surface area contributed by atoms with Gasteiger partial charge in [-0.25, -0.2) is 0 Å². The standard InChI is InChI=1S/C4H9NO2S/c5-3(1-2-8)4(6)7/h3,8H,1-2,5H2,(H,6,7)/t3-/m0/s1/i4+1. The van der Waals surface area contributed by atoms with E-state index in [1.165, 1.54) is 0 Å². The van der Waals surface area contributed by atoms with E-state index in [4.69, 9.17) is 10.8 Å². The van der Waals surface area contributed by atoms with E-state index in [-0.39, 0.29) is 0 Å². The largest absolute Gasteiger partial charge is 0.480 e. The minimum Gasteiger partial charge on any atom is -0.480 e. The van der Waals surface area contributed by atoms with Crippen molar-refractivity contribution in [1.29, 1.82) is 0 Å². The Balaban J connectivity index is 3.32. The molecular weight excluding hydrogens is 127 g/mol. The van der Waals surface area contributed by atoms with Gasteiger partial charge in [0.1, 0.15) is 6.04 Å². The van der Waals surface area contributed by atoms with Crippen molar-refractivity contribution >= 4 is 18.6 Å². The number of nitrogens with two attached hydrogens (primary N) is 1. The van der Waals surface area contributed by atoms with E-state index in [1.54, 1.807) is 0 Å². The molecule has 4 heteroatoms. The summed E-state index contributed by atoms with van der Waals surface area (Å²) in [6.07, 6.45) is 0.429. The molecule has 0 radical (unpaired) electrons. The Morgan fingerprint density at radius 2 is 2.38 bits per heavy atom. The van der Waals surface area contributed by atoms with E-state index >= 15 is 0 Å². The first kappa shape index (κ1) is 7.78. The molecule has 0 aliphatic carbocycles. The van der Waals surface area contributed by atoms with Crippen LogP contribution in [-0.2, 0) is 4.79 Å². The van der Waals surface area contributed by atoms with Gasteiger partial charge in [-0.1, -0.05) is 0 Å². The van der Waals surface area contributed by atoms with Gasteiger partial charge in [0.25, 0.3) is 0 Å². The molecule has 0 spiro atoms. The second kappa shape index (κ2) is 3.74. The van der Waals surface area contributed by atoms with Crippen molar-refractivity contribution in [1.82, 2.24) is 0 Å². The van der Waals surface area contributed by atoms with E-state index in [2.05, 4.69) is 12.6 Å². The molecule has 0 aliphatic heterocycles. The first-order valence-electron chi connectivity index (χ1n) is 2.27. The highest BCUT2D eigenvalue weighted by Gasteiger charge is 2.08. The third kappa shape index (κ3) is 2.87. The highest BCUT2D eigenvalue weighted by molar-refractivity contribution is 7.80. The number of hydrogen-bond acceptors (Lipinski definition) is 3. The number of carboxylic acids is 1. The van der Waals surface area contributed by atoms with E-state index in [0.717, 1.165) is 0 Å². The monoisotopic (exact) mass is 136 g/mol. The van der Waals surface area contributed by atoms with Crippen LogP contribution < -0.4 is 5.73 Å². The van der Waals surface area contributed by atoms with Gasteiger partial charge < -0.3 is 10.8 Å². The Hall–Kier alpha value is -0.220. The summed E-state index contributed by atoms with van der Waals surface area (Å²) < 4.78 is 0. The minimum absolute atomic E-state index is 0.429. The third-order valence-corrected chi connectivity index (χ3v) is 1.02. The van der Waals surface area contributed by atoms with Crippen molar-refractivity contribution in [3.05, 3.63) is 0 Å². The van der Waals surface area contributed by atoms with Gasteiger partial charge in [-0.05, 0) is 12.2 Å². The van der Waals surface area contributed by atoms with Gasteiger partial charge in [0, 0.05) is 0 Å². The average molecular weight is 136 g/mol. The molecule has 0 unspecified atom stereocenters. The fraction of sp³-hybridized carbons (Fsp3) is 0.750. The maximum Gasteiger partial charge on any atom is 0.320 e. The Labute approximate surface area is 53.3 Å². The maximum absolute atomic E-state index is 9.93. The normalized spacial score (nSPS) is 13.2. The summed E-state index contributed by atoms with van der Waals surface area (Å²) in [7, 11) is 0. The molecule has 0 rings (SSSR count). The lowest BCUT2D eigenvalue weighted by atomic mass is 10.4. The van der Waals surface area contributed by atoms with Crippen molar-refractivity contribution in [2.45, 2.75) is 12.5 Å². The van der Waals surface area contributed by atoms with Gasteiger partial charge in [0.2, 0.25) is 0 Å². The van der Waals surface area contributed by atoms with Crippen molar-refractivity contribution in [3.63, 3.8) is 0 Å². The Morgan fingerprint density at radius 1 is 1.88 bits per heavy atom. The smallest absolute Gasteiger partial charge is 0.320 e. The number of carbonyl (C=O) groups is 1. The molecule has 0 amide bonds. The second-order valence-electron chi connectivity index (χ2n) is 1.46. The Morgan fingerprint density at radius 3 is 2.50 bits per heavy atom. The van der Waals surface area contributed by atoms with Crippen molar-refractivity contribution in [2.24, 2.45) is 5.73 Å². The SMILES string of the molecule is N[C@@H](CCS)[13C](=O)O. The van der Waals surface area contributed by atoms with Crippen molar-refractivity contribution in [2.75, 3.05) is 5.75 Å². The number of hydrogen-bond donors (Lipinski definition) is 3. The molecule has 0 saturated heterocycles. The predicted molar refractivity (Wildman–Crippen MR) is 34.1 cm³/mol. The van der Waals surface area contributed by atoms with Crippen LogP contribution in [-0.4, -0.2) is 22.9 Å². The summed E-state index contributed by atoms with van der Waals surface area (Å²) in [5.41, 5.74) is 5.08. The predicted octanol–water partition coefficient (Wildman–Crippen LogP) is -0.282. The number of thiol groups is 1. The van der Waals surface area contributed by atoms with Crippen LogP contribution in [0.2, 0.25) is 0 Å². The lowest BCUT2D eigenvalue weighted by molar-refractivity contribution is -0.138. The maximum atomic E-state index is 9.93. The molecule has 0 fully saturated rings. The molecule has 3 nitrogen and oxygen atoms in total. The third-order valence-electron chi connectivity index (χ3n) is 0.757. The van der Waals surface area contributed by atoms with Gasteiger partial charge in [0.05, 0.1) is 0 Å². The number of carboxylic acid groups (broad SMARTS) is 1. The second-order valence-corrected chi connectivity index (χ2v) is 1.90. The van der Waals surface area contributed by atoms with Crippen molar-refractivity contribution in [3.8, 4) is 0 Å². The summed E-state index contributed by atoms with van der Waals surface area (Å²) >= 11 is 3.81. The summed E-state index contributed by atoms with van der Waals surface area (Å²) in [6, 6.07) is -0.743. The highest BCUT2D eigenvalue weighted by atomic mass is 32.1. The van der Waals surface area contributed by atoms with Crippen LogP contribution in [0.3, 0.4) is 0 Å². The molecule has 48 valence electrons. The first-order valence-corrected chi connectivity index (χ1v) is 2.91. The van der Waals surface area contributed by atoms with Gasteiger partial charge in [0.15, 0.2) is 0 Å². The molecule has 0 aromatic heterocycles. The molecule has 0 heterocycles. The van der Waals surface area contributed by atoms with Gasteiger partial charge in [-0.3, -0.25) is 4.79 Å². The molecular formula is C4H9NO2S. The molecule has 0 saturated carbocycles. The van der Waals surface area contributed by atoms with E-state index < -0.39 is 12.0 Å². The summed E-state index contributed by atoms with van der Waals surface area (Å²) in [5.74, 6) is -0.438. The van der Waals surface area contributed by atoms with Crippen LogP contribution in [0.1, 0.15) is 6.42 Å². The topological polar surface area (TPSA) is 63.3 Å². The van der Waals surface area contributed by atoms with Crippen LogP contribution in [0.4, 0.5) is 0 Å². The molecule has 0 aromatic rings. The highest BCUT2D eigenvalue weighted by Crippen LogP contribution is 1.88. The van der Waals surface area contributed by atoms with Crippen LogP contribution in [0.15, 0.2) is 0 Å². The summed E-state index contributed by atoms with van der Waals surface area (Å²) in [5, 5.41) is 8.15. The number of aliphatic carboxylic acids is 1. The molecule has 0 bridgehead atoms. The van der Waals surface area contributed by atoms with Crippen molar-refractivity contribution < 1.29 is 9.90 Å². The lowest BCUT2D eigenvalue weighted by Crippen LogP contribution is -2.30. The number of rotatable bonds is 3. The fourth-order valence-electron chi connectivity index (χ4n) is 0.263. The van der Waals surface area contributed by atoms with E-state index in [0.29, 0.717) is 12.2 Å². The van der Waals surface area contributed by atoms with Crippen LogP contribution in [0.25, 0.3) is 0 Å². The zero-order chi connectivity index (χ0) is 6.57. The molecule has 1 atom stereocenters. The fourth-order valence-corrected chi connectivity index (χ4v) is 0.541. The van der Waals surface area contributed by atoms with Gasteiger partial charge in [-0.15, -0.1) is 0 Å². The van der Waals surface area contributed by atoms with Crippen LogP contribution in [0.5, 0.6) is 0 Å². The van der Waals surface area contributed by atoms with E-state index in [1.807, 2.05) is 0 Å². The van der Waals surface area contributed by atoms with Gasteiger partial charge in [-0.2, -0.15) is 12.6 Å². The Bertz CT molecular complexity index is 86.1. The van der Waals surface area contributed by atoms with Gasteiger partial charge >= 0.3 is 5.97 Å². The molecule has 0 aromatic carbocycles. The minimum atomic E-state index is -0.959. The van der Waals surface area contributed by atoms with Crippen LogP contribution >= 0.6 is 12.6 Å². The quantitative estimate of drug-likeness (QED) is 0.369. The molecule has 3 N–H and O–H groups in total. The van der Waals surface area contributed by atoms with E-state index in [9.17, 15) is 4.79 Å². The lowest BCUT2D eigenvalue weighted by Gasteiger charge is -2.00. The molecule has 0 aliphatic rings. The first-order chi connectivity index (χ1) is 3.68. The zero-order valence-corrected chi connectivity index (χ0v) is 5.27. The van der Waals surface area contributed by atoms with Crippen LogP contribution in [0, 0.1) is 0 Å².